The third-order valence-corrected chi connectivity index (χ3v) is 4.31. The maximum Gasteiger partial charge on any atom is 0.325 e. The van der Waals surface area contributed by atoms with Crippen molar-refractivity contribution in [2.45, 2.75) is 38.8 Å². The fourth-order valence-electron chi connectivity index (χ4n) is 2.62. The van der Waals surface area contributed by atoms with Crippen LogP contribution in [0.3, 0.4) is 0 Å². The summed E-state index contributed by atoms with van der Waals surface area (Å²) in [4.78, 5) is 25.4. The Balaban J connectivity index is 2.40. The van der Waals surface area contributed by atoms with Crippen molar-refractivity contribution in [3.8, 4) is 0 Å². The molecule has 0 unspecified atom stereocenters. The van der Waals surface area contributed by atoms with Crippen LogP contribution in [0.4, 0.5) is 9.18 Å². The van der Waals surface area contributed by atoms with Gasteiger partial charge in [0.25, 0.3) is 5.91 Å². The zero-order valence-electron chi connectivity index (χ0n) is 11.4. The summed E-state index contributed by atoms with van der Waals surface area (Å²) in [5.41, 5.74) is -0.701. The summed E-state index contributed by atoms with van der Waals surface area (Å²) in [5.74, 6) is -0.814. The molecule has 0 atom stereocenters. The number of carbonyl (C=O) groups excluding carboxylic acids is 2. The zero-order chi connectivity index (χ0) is 14.9. The van der Waals surface area contributed by atoms with Gasteiger partial charge in [-0.2, -0.15) is 0 Å². The summed E-state index contributed by atoms with van der Waals surface area (Å²) in [6.07, 6.45) is 0.931. The molecule has 1 saturated heterocycles. The van der Waals surface area contributed by atoms with E-state index in [0.717, 1.165) is 0 Å². The number of halogens is 2. The maximum atomic E-state index is 13.9. The molecule has 0 radical (unpaired) electrons. The van der Waals surface area contributed by atoms with Crippen LogP contribution in [-0.4, -0.2) is 22.4 Å². The number of nitrogens with zero attached hydrogens (tertiary/aromatic N) is 1. The van der Waals surface area contributed by atoms with E-state index in [-0.39, 0.29) is 23.0 Å². The molecule has 20 heavy (non-hydrogen) atoms. The molecule has 6 heteroatoms. The van der Waals surface area contributed by atoms with E-state index in [9.17, 15) is 14.0 Å². The minimum Gasteiger partial charge on any atom is -0.305 e. The number of nitrogens with one attached hydrogen (secondary N) is 1. The fourth-order valence-corrected chi connectivity index (χ4v) is 2.84. The van der Waals surface area contributed by atoms with E-state index < -0.39 is 17.4 Å². The first-order chi connectivity index (χ1) is 9.46. The molecule has 1 N–H and O–H groups in total. The minimum atomic E-state index is -0.928. The van der Waals surface area contributed by atoms with Crippen molar-refractivity contribution in [2.24, 2.45) is 0 Å². The van der Waals surface area contributed by atoms with E-state index >= 15 is 0 Å². The van der Waals surface area contributed by atoms with Gasteiger partial charge >= 0.3 is 6.03 Å². The van der Waals surface area contributed by atoms with Gasteiger partial charge in [-0.3, -0.25) is 10.1 Å². The van der Waals surface area contributed by atoms with Gasteiger partial charge in [-0.25, -0.2) is 9.18 Å². The molecule has 3 amide bonds. The molecule has 0 aromatic heterocycles. The predicted octanol–water partition coefficient (Wildman–Crippen LogP) is 3.09. The first kappa shape index (κ1) is 14.8. The van der Waals surface area contributed by atoms with Gasteiger partial charge in [0.2, 0.25) is 0 Å². The summed E-state index contributed by atoms with van der Waals surface area (Å²) in [6.45, 7) is 3.64. The predicted molar refractivity (Wildman–Crippen MR) is 73.8 cm³/mol. The van der Waals surface area contributed by atoms with Crippen molar-refractivity contribution < 1.29 is 14.0 Å². The summed E-state index contributed by atoms with van der Waals surface area (Å²) >= 11 is 5.99. The van der Waals surface area contributed by atoms with Crippen LogP contribution in [0.2, 0.25) is 5.02 Å². The van der Waals surface area contributed by atoms with Gasteiger partial charge in [0.05, 0.1) is 6.54 Å². The Labute approximate surface area is 121 Å². The van der Waals surface area contributed by atoms with Gasteiger partial charge in [0.1, 0.15) is 11.4 Å². The maximum absolute atomic E-state index is 13.9. The van der Waals surface area contributed by atoms with Crippen LogP contribution in [-0.2, 0) is 11.3 Å². The lowest BCUT2D eigenvalue weighted by molar-refractivity contribution is -0.127. The van der Waals surface area contributed by atoms with Gasteiger partial charge < -0.3 is 4.90 Å². The SMILES string of the molecule is CCC1(CC)C(=O)NC(=O)N1Cc1c(F)cccc1Cl. The van der Waals surface area contributed by atoms with Gasteiger partial charge in [0.15, 0.2) is 0 Å². The quantitative estimate of drug-likeness (QED) is 0.868. The van der Waals surface area contributed by atoms with Crippen molar-refractivity contribution in [3.63, 3.8) is 0 Å². The van der Waals surface area contributed by atoms with E-state index in [1.165, 1.54) is 17.0 Å². The second kappa shape index (κ2) is 5.40. The van der Waals surface area contributed by atoms with Crippen molar-refractivity contribution >= 4 is 23.5 Å². The number of benzene rings is 1. The molecule has 0 bridgehead atoms. The van der Waals surface area contributed by atoms with Crippen LogP contribution < -0.4 is 5.32 Å². The normalized spacial score (nSPS) is 17.5. The summed E-state index contributed by atoms with van der Waals surface area (Å²) in [6, 6.07) is 3.85. The van der Waals surface area contributed by atoms with Gasteiger partial charge in [0, 0.05) is 10.6 Å². The second-order valence-electron chi connectivity index (χ2n) is 4.78. The van der Waals surface area contributed by atoms with E-state index in [1.54, 1.807) is 6.07 Å². The average molecular weight is 299 g/mol. The molecule has 1 fully saturated rings. The number of urea groups is 1. The average Bonchev–Trinajstić information content (AvgIpc) is 2.65. The third-order valence-electron chi connectivity index (χ3n) is 3.95. The first-order valence-electron chi connectivity index (χ1n) is 6.52. The highest BCUT2D eigenvalue weighted by atomic mass is 35.5. The number of carbonyl (C=O) groups is 2. The Morgan fingerprint density at radius 1 is 1.30 bits per heavy atom. The van der Waals surface area contributed by atoms with Crippen molar-refractivity contribution in [1.82, 2.24) is 10.2 Å². The Kier molecular flexibility index (Phi) is 3.99. The first-order valence-corrected chi connectivity index (χ1v) is 6.90. The molecule has 2 rings (SSSR count). The molecule has 1 aliphatic rings. The monoisotopic (exact) mass is 298 g/mol. The highest BCUT2D eigenvalue weighted by molar-refractivity contribution is 6.31. The van der Waals surface area contributed by atoms with E-state index in [1.807, 2.05) is 13.8 Å². The highest BCUT2D eigenvalue weighted by Crippen LogP contribution is 2.32. The number of imide groups is 1. The summed E-state index contributed by atoms with van der Waals surface area (Å²) in [7, 11) is 0. The number of hydrogen-bond acceptors (Lipinski definition) is 2. The van der Waals surface area contributed by atoms with Crippen LogP contribution in [0.1, 0.15) is 32.3 Å². The van der Waals surface area contributed by atoms with Crippen LogP contribution >= 0.6 is 11.6 Å². The van der Waals surface area contributed by atoms with Gasteiger partial charge in [-0.1, -0.05) is 31.5 Å². The second-order valence-corrected chi connectivity index (χ2v) is 5.19. The lowest BCUT2D eigenvalue weighted by Crippen LogP contribution is -2.48. The Morgan fingerprint density at radius 3 is 2.50 bits per heavy atom. The molecule has 1 aromatic rings. The number of rotatable bonds is 4. The van der Waals surface area contributed by atoms with Crippen molar-refractivity contribution in [2.75, 3.05) is 0 Å². The Morgan fingerprint density at radius 2 is 1.95 bits per heavy atom. The van der Waals surface area contributed by atoms with Crippen molar-refractivity contribution in [3.05, 3.63) is 34.6 Å². The van der Waals surface area contributed by atoms with Crippen LogP contribution in [0.15, 0.2) is 18.2 Å². The number of hydrogen-bond donors (Lipinski definition) is 1. The molecule has 1 aliphatic heterocycles. The van der Waals surface area contributed by atoms with E-state index in [2.05, 4.69) is 5.32 Å². The summed E-state index contributed by atoms with van der Waals surface area (Å²) < 4.78 is 13.9. The van der Waals surface area contributed by atoms with Crippen molar-refractivity contribution in [1.29, 1.82) is 0 Å². The van der Waals surface area contributed by atoms with Crippen LogP contribution in [0.5, 0.6) is 0 Å². The minimum absolute atomic E-state index is 0.0231. The topological polar surface area (TPSA) is 49.4 Å². The fraction of sp³-hybridized carbons (Fsp3) is 0.429. The molecule has 1 aromatic carbocycles. The zero-order valence-corrected chi connectivity index (χ0v) is 12.1. The Bertz CT molecular complexity index is 538. The Hall–Kier alpha value is -1.62. The lowest BCUT2D eigenvalue weighted by atomic mass is 9.91. The van der Waals surface area contributed by atoms with Crippen LogP contribution in [0.25, 0.3) is 0 Å². The third kappa shape index (κ3) is 2.16. The molecule has 0 spiro atoms. The number of amides is 3. The van der Waals surface area contributed by atoms with E-state index in [0.29, 0.717) is 12.8 Å². The molecule has 1 heterocycles. The smallest absolute Gasteiger partial charge is 0.305 e. The molecule has 108 valence electrons. The largest absolute Gasteiger partial charge is 0.325 e. The molecular weight excluding hydrogens is 283 g/mol. The van der Waals surface area contributed by atoms with E-state index in [4.69, 9.17) is 11.6 Å². The van der Waals surface area contributed by atoms with Gasteiger partial charge in [-0.15, -0.1) is 0 Å². The molecule has 0 aliphatic carbocycles. The standard InChI is InChI=1S/C14H16ClFN2O2/c1-3-14(4-2)12(19)17-13(20)18(14)8-9-10(15)6-5-7-11(9)16/h5-7H,3-4,8H2,1-2H3,(H,17,19,20). The lowest BCUT2D eigenvalue weighted by Gasteiger charge is -2.33. The molecule has 0 saturated carbocycles. The summed E-state index contributed by atoms with van der Waals surface area (Å²) in [5, 5.41) is 2.55. The van der Waals surface area contributed by atoms with Gasteiger partial charge in [-0.05, 0) is 25.0 Å². The highest BCUT2D eigenvalue weighted by Gasteiger charge is 2.50. The van der Waals surface area contributed by atoms with Crippen LogP contribution in [0, 0.1) is 5.82 Å². The molecule has 4 nitrogen and oxygen atoms in total. The molecular formula is C14H16ClFN2O2.